The summed E-state index contributed by atoms with van der Waals surface area (Å²) in [4.78, 5) is 29.9. The topological polar surface area (TPSA) is 71.5 Å². The molecule has 1 fully saturated rings. The summed E-state index contributed by atoms with van der Waals surface area (Å²) in [6.07, 6.45) is -2.29. The normalized spacial score (nSPS) is 15.7. The predicted molar refractivity (Wildman–Crippen MR) is 92.7 cm³/mol. The van der Waals surface area contributed by atoms with Crippen LogP contribution in [0.1, 0.15) is 37.0 Å². The first-order valence-corrected chi connectivity index (χ1v) is 8.89. The highest BCUT2D eigenvalue weighted by molar-refractivity contribution is 6.32. The summed E-state index contributed by atoms with van der Waals surface area (Å²) in [5.41, 5.74) is 0.157. The monoisotopic (exact) mass is 407 g/mol. The zero-order chi connectivity index (χ0) is 20.2. The van der Waals surface area contributed by atoms with Gasteiger partial charge < -0.3 is 15.0 Å². The number of aromatic nitrogens is 1. The van der Waals surface area contributed by atoms with Gasteiger partial charge >= 0.3 is 6.18 Å². The van der Waals surface area contributed by atoms with Crippen LogP contribution in [0.3, 0.4) is 0 Å². The van der Waals surface area contributed by atoms with Gasteiger partial charge in [-0.05, 0) is 32.8 Å². The highest BCUT2D eigenvalue weighted by Gasteiger charge is 2.30. The SMILES string of the molecule is CC(C)NC(=O)C1CCN(C(=O)c2cnc(OCC(F)(F)F)c(Cl)c2)CC1. The summed E-state index contributed by atoms with van der Waals surface area (Å²) in [6, 6.07) is 1.30. The molecule has 1 aliphatic heterocycles. The number of halogens is 4. The summed E-state index contributed by atoms with van der Waals surface area (Å²) >= 11 is 5.88. The van der Waals surface area contributed by atoms with Crippen molar-refractivity contribution in [3.8, 4) is 5.88 Å². The highest BCUT2D eigenvalue weighted by atomic mass is 35.5. The molecule has 1 aromatic rings. The Morgan fingerprint density at radius 1 is 1.37 bits per heavy atom. The quantitative estimate of drug-likeness (QED) is 0.814. The van der Waals surface area contributed by atoms with Crippen molar-refractivity contribution in [1.29, 1.82) is 0 Å². The predicted octanol–water partition coefficient (Wildman–Crippen LogP) is 3.05. The first kappa shape index (κ1) is 21.3. The third-order valence-corrected chi connectivity index (χ3v) is 4.28. The van der Waals surface area contributed by atoms with Gasteiger partial charge in [0.05, 0.1) is 5.56 Å². The van der Waals surface area contributed by atoms with E-state index in [-0.39, 0.29) is 40.2 Å². The fourth-order valence-corrected chi connectivity index (χ4v) is 2.95. The van der Waals surface area contributed by atoms with Crippen LogP contribution in [-0.2, 0) is 4.79 Å². The third kappa shape index (κ3) is 6.27. The molecule has 27 heavy (non-hydrogen) atoms. The number of nitrogens with one attached hydrogen (secondary N) is 1. The van der Waals surface area contributed by atoms with Gasteiger partial charge in [0.15, 0.2) is 6.61 Å². The lowest BCUT2D eigenvalue weighted by Gasteiger charge is -2.31. The van der Waals surface area contributed by atoms with Gasteiger partial charge in [-0.15, -0.1) is 0 Å². The second-order valence-corrected chi connectivity index (χ2v) is 7.05. The Hall–Kier alpha value is -2.03. The molecule has 2 heterocycles. The molecule has 0 aromatic carbocycles. The lowest BCUT2D eigenvalue weighted by molar-refractivity contribution is -0.154. The van der Waals surface area contributed by atoms with Gasteiger partial charge in [0.2, 0.25) is 11.8 Å². The summed E-state index contributed by atoms with van der Waals surface area (Å²) in [6.45, 7) is 3.06. The first-order chi connectivity index (χ1) is 12.6. The molecule has 6 nitrogen and oxygen atoms in total. The Labute approximate surface area is 160 Å². The molecule has 10 heteroatoms. The molecule has 1 aromatic heterocycles. The molecular formula is C17H21ClF3N3O3. The zero-order valence-electron chi connectivity index (χ0n) is 15.0. The Morgan fingerprint density at radius 3 is 2.52 bits per heavy atom. The molecular weight excluding hydrogens is 387 g/mol. The van der Waals surface area contributed by atoms with Crippen LogP contribution in [0, 0.1) is 5.92 Å². The zero-order valence-corrected chi connectivity index (χ0v) is 15.7. The van der Waals surface area contributed by atoms with Crippen molar-refractivity contribution in [3.05, 3.63) is 22.8 Å². The number of ether oxygens (including phenoxy) is 1. The molecule has 0 bridgehead atoms. The van der Waals surface area contributed by atoms with Crippen LogP contribution in [0.5, 0.6) is 5.88 Å². The van der Waals surface area contributed by atoms with Crippen molar-refractivity contribution < 1.29 is 27.5 Å². The fourth-order valence-electron chi connectivity index (χ4n) is 2.73. The molecule has 2 amide bonds. The van der Waals surface area contributed by atoms with E-state index in [2.05, 4.69) is 15.0 Å². The molecule has 0 atom stereocenters. The molecule has 2 rings (SSSR count). The first-order valence-electron chi connectivity index (χ1n) is 8.51. The Bertz CT molecular complexity index is 690. The number of hydrogen-bond donors (Lipinski definition) is 1. The van der Waals surface area contributed by atoms with Crippen molar-refractivity contribution in [2.45, 2.75) is 38.9 Å². The van der Waals surface area contributed by atoms with E-state index in [0.29, 0.717) is 25.9 Å². The average molecular weight is 408 g/mol. The van der Waals surface area contributed by atoms with E-state index < -0.39 is 12.8 Å². The molecule has 0 radical (unpaired) electrons. The van der Waals surface area contributed by atoms with E-state index in [0.717, 1.165) is 6.20 Å². The van der Waals surface area contributed by atoms with Crippen molar-refractivity contribution in [1.82, 2.24) is 15.2 Å². The molecule has 0 spiro atoms. The van der Waals surface area contributed by atoms with E-state index in [1.54, 1.807) is 4.90 Å². The van der Waals surface area contributed by atoms with Crippen LogP contribution in [0.25, 0.3) is 0 Å². The van der Waals surface area contributed by atoms with Gasteiger partial charge in [0.1, 0.15) is 5.02 Å². The number of carbonyl (C=O) groups is 2. The summed E-state index contributed by atoms with van der Waals surface area (Å²) < 4.78 is 41.1. The lowest BCUT2D eigenvalue weighted by atomic mass is 9.95. The van der Waals surface area contributed by atoms with Gasteiger partial charge in [-0.1, -0.05) is 11.6 Å². The standard InChI is InChI=1S/C17H21ClF3N3O3/c1-10(2)23-14(25)11-3-5-24(6-4-11)16(26)12-7-13(18)15(22-8-12)27-9-17(19,20)21/h7-8,10-11H,3-6,9H2,1-2H3,(H,23,25). The molecule has 0 aliphatic carbocycles. The Balaban J connectivity index is 1.94. The number of amides is 2. The Kier molecular flexibility index (Phi) is 6.91. The van der Waals surface area contributed by atoms with Crippen LogP contribution in [0.2, 0.25) is 5.02 Å². The van der Waals surface area contributed by atoms with Crippen LogP contribution in [-0.4, -0.2) is 53.6 Å². The van der Waals surface area contributed by atoms with Crippen molar-refractivity contribution >= 4 is 23.4 Å². The van der Waals surface area contributed by atoms with E-state index in [1.165, 1.54) is 6.07 Å². The molecule has 1 N–H and O–H groups in total. The number of piperidine rings is 1. The second-order valence-electron chi connectivity index (χ2n) is 6.64. The molecule has 0 saturated carbocycles. The number of likely N-dealkylation sites (tertiary alicyclic amines) is 1. The highest BCUT2D eigenvalue weighted by Crippen LogP contribution is 2.26. The number of rotatable bonds is 5. The van der Waals surface area contributed by atoms with Crippen molar-refractivity contribution in [3.63, 3.8) is 0 Å². The van der Waals surface area contributed by atoms with E-state index >= 15 is 0 Å². The maximum Gasteiger partial charge on any atom is 0.422 e. The minimum atomic E-state index is -4.51. The van der Waals surface area contributed by atoms with E-state index in [1.807, 2.05) is 13.8 Å². The molecule has 0 unspecified atom stereocenters. The van der Waals surface area contributed by atoms with Gasteiger partial charge in [-0.3, -0.25) is 9.59 Å². The largest absolute Gasteiger partial charge is 0.467 e. The second kappa shape index (κ2) is 8.77. The van der Waals surface area contributed by atoms with Gasteiger partial charge in [-0.2, -0.15) is 13.2 Å². The van der Waals surface area contributed by atoms with Crippen LogP contribution < -0.4 is 10.1 Å². The summed E-state index contributed by atoms with van der Waals surface area (Å²) in [5, 5.41) is 2.69. The molecule has 1 aliphatic rings. The van der Waals surface area contributed by atoms with Crippen LogP contribution in [0.15, 0.2) is 12.3 Å². The molecule has 1 saturated heterocycles. The van der Waals surface area contributed by atoms with Crippen molar-refractivity contribution in [2.24, 2.45) is 5.92 Å². The summed E-state index contributed by atoms with van der Waals surface area (Å²) in [7, 11) is 0. The fraction of sp³-hybridized carbons (Fsp3) is 0.588. The number of hydrogen-bond acceptors (Lipinski definition) is 4. The van der Waals surface area contributed by atoms with E-state index in [4.69, 9.17) is 11.6 Å². The number of nitrogens with zero attached hydrogens (tertiary/aromatic N) is 2. The van der Waals surface area contributed by atoms with Crippen molar-refractivity contribution in [2.75, 3.05) is 19.7 Å². The maximum absolute atomic E-state index is 12.5. The van der Waals surface area contributed by atoms with E-state index in [9.17, 15) is 22.8 Å². The van der Waals surface area contributed by atoms with Gasteiger partial charge in [0, 0.05) is 31.2 Å². The maximum atomic E-state index is 12.5. The van der Waals surface area contributed by atoms with Crippen LogP contribution >= 0.6 is 11.6 Å². The average Bonchev–Trinajstić information content (AvgIpc) is 2.58. The third-order valence-electron chi connectivity index (χ3n) is 4.01. The smallest absolute Gasteiger partial charge is 0.422 e. The Morgan fingerprint density at radius 2 is 2.00 bits per heavy atom. The minimum Gasteiger partial charge on any atom is -0.467 e. The summed E-state index contributed by atoms with van der Waals surface area (Å²) in [5.74, 6) is -0.881. The number of alkyl halides is 3. The van der Waals surface area contributed by atoms with Crippen LogP contribution in [0.4, 0.5) is 13.2 Å². The number of carbonyl (C=O) groups excluding carboxylic acids is 2. The molecule has 150 valence electrons. The van der Waals surface area contributed by atoms with Gasteiger partial charge in [0.25, 0.3) is 5.91 Å². The van der Waals surface area contributed by atoms with Gasteiger partial charge in [-0.25, -0.2) is 4.98 Å². The number of pyridine rings is 1. The minimum absolute atomic E-state index is 0.0204. The lowest BCUT2D eigenvalue weighted by Crippen LogP contribution is -2.44.